The fraction of sp³-hybridized carbons (Fsp3) is 0.667. The zero-order valence-electron chi connectivity index (χ0n) is 17.7. The van der Waals surface area contributed by atoms with Crippen LogP contribution in [0.25, 0.3) is 0 Å². The minimum absolute atomic E-state index is 0.103. The maximum absolute atomic E-state index is 12.7. The van der Waals surface area contributed by atoms with Gasteiger partial charge in [0.1, 0.15) is 0 Å². The van der Waals surface area contributed by atoms with E-state index in [9.17, 15) is 9.59 Å². The van der Waals surface area contributed by atoms with Gasteiger partial charge in [-0.25, -0.2) is 0 Å². The van der Waals surface area contributed by atoms with Gasteiger partial charge in [-0.1, -0.05) is 24.3 Å². The van der Waals surface area contributed by atoms with Crippen LogP contribution >= 0.6 is 0 Å². The maximum atomic E-state index is 12.7. The average Bonchev–Trinajstić information content (AvgIpc) is 3.60. The average molecular weight is 398 g/mol. The molecule has 29 heavy (non-hydrogen) atoms. The van der Waals surface area contributed by atoms with Crippen LogP contribution in [0.4, 0.5) is 0 Å². The Hall–Kier alpha value is -1.88. The molecule has 4 rings (SSSR count). The van der Waals surface area contributed by atoms with E-state index in [2.05, 4.69) is 46.3 Å². The molecule has 2 aliphatic heterocycles. The van der Waals surface area contributed by atoms with E-state index in [0.29, 0.717) is 24.4 Å². The molecular weight excluding hydrogens is 362 g/mol. The summed E-state index contributed by atoms with van der Waals surface area (Å²) in [5, 5.41) is 3.17. The van der Waals surface area contributed by atoms with Crippen LogP contribution in [0.3, 0.4) is 0 Å². The zero-order chi connectivity index (χ0) is 20.2. The van der Waals surface area contributed by atoms with E-state index in [0.717, 1.165) is 71.1 Å². The minimum atomic E-state index is 0.103. The Balaban J connectivity index is 1.21. The van der Waals surface area contributed by atoms with Crippen molar-refractivity contribution in [2.24, 2.45) is 11.8 Å². The quantitative estimate of drug-likeness (QED) is 0.803. The van der Waals surface area contributed by atoms with Crippen LogP contribution in [-0.4, -0.2) is 60.4 Å². The van der Waals surface area contributed by atoms with Crippen LogP contribution in [0.5, 0.6) is 0 Å². The largest absolute Gasteiger partial charge is 0.355 e. The summed E-state index contributed by atoms with van der Waals surface area (Å²) in [7, 11) is 0. The molecule has 1 aliphatic carbocycles. The van der Waals surface area contributed by atoms with Gasteiger partial charge in [-0.05, 0) is 69.5 Å². The molecule has 0 spiro atoms. The van der Waals surface area contributed by atoms with Crippen molar-refractivity contribution >= 4 is 11.8 Å². The highest BCUT2D eigenvalue weighted by atomic mass is 16.2. The molecule has 1 aromatic carbocycles. The van der Waals surface area contributed by atoms with Gasteiger partial charge in [0.25, 0.3) is 0 Å². The fourth-order valence-corrected chi connectivity index (χ4v) is 4.95. The van der Waals surface area contributed by atoms with E-state index in [1.165, 1.54) is 11.1 Å². The van der Waals surface area contributed by atoms with Gasteiger partial charge in [0.15, 0.2) is 0 Å². The number of likely N-dealkylation sites (tertiary alicyclic amines) is 2. The first kappa shape index (κ1) is 20.4. The van der Waals surface area contributed by atoms with Gasteiger partial charge in [0, 0.05) is 38.1 Å². The first-order valence-corrected chi connectivity index (χ1v) is 11.5. The van der Waals surface area contributed by atoms with Crippen molar-refractivity contribution in [3.8, 4) is 0 Å². The molecule has 158 valence electrons. The molecular formula is C24H35N3O2. The molecule has 0 aromatic heterocycles. The summed E-state index contributed by atoms with van der Waals surface area (Å²) in [5.74, 6) is 1.03. The molecule has 3 aliphatic rings. The summed E-state index contributed by atoms with van der Waals surface area (Å²) in [6, 6.07) is 8.91. The van der Waals surface area contributed by atoms with Crippen molar-refractivity contribution in [2.45, 2.75) is 57.9 Å². The van der Waals surface area contributed by atoms with Crippen LogP contribution in [-0.2, 0) is 16.0 Å². The lowest BCUT2D eigenvalue weighted by atomic mass is 9.93. The molecule has 2 heterocycles. The van der Waals surface area contributed by atoms with E-state index in [-0.39, 0.29) is 11.8 Å². The number of benzene rings is 1. The normalized spacial score (nSPS) is 23.8. The molecule has 0 unspecified atom stereocenters. The van der Waals surface area contributed by atoms with Crippen molar-refractivity contribution in [1.82, 2.24) is 15.1 Å². The molecule has 0 bridgehead atoms. The lowest BCUT2D eigenvalue weighted by Gasteiger charge is -2.42. The number of carbonyl (C=O) groups excluding carboxylic acids is 2. The van der Waals surface area contributed by atoms with Crippen LogP contribution in [0, 0.1) is 18.8 Å². The van der Waals surface area contributed by atoms with E-state index >= 15 is 0 Å². The first-order valence-electron chi connectivity index (χ1n) is 11.5. The number of nitrogens with zero attached hydrogens (tertiary/aromatic N) is 2. The molecule has 1 aromatic rings. The van der Waals surface area contributed by atoms with Gasteiger partial charge >= 0.3 is 0 Å². The van der Waals surface area contributed by atoms with Crippen molar-refractivity contribution < 1.29 is 9.59 Å². The third kappa shape index (κ3) is 5.19. The number of amides is 2. The minimum Gasteiger partial charge on any atom is -0.355 e. The summed E-state index contributed by atoms with van der Waals surface area (Å²) in [6.07, 6.45) is 7.27. The molecule has 1 N–H and O–H groups in total. The monoisotopic (exact) mass is 397 g/mol. The molecule has 5 heteroatoms. The summed E-state index contributed by atoms with van der Waals surface area (Å²) >= 11 is 0. The Morgan fingerprint density at radius 3 is 2.48 bits per heavy atom. The Kier molecular flexibility index (Phi) is 6.53. The number of hydrogen-bond acceptors (Lipinski definition) is 3. The lowest BCUT2D eigenvalue weighted by Crippen LogP contribution is -2.51. The van der Waals surface area contributed by atoms with Gasteiger partial charge in [-0.3, -0.25) is 14.5 Å². The number of carbonyl (C=O) groups is 2. The first-order chi connectivity index (χ1) is 14.1. The lowest BCUT2D eigenvalue weighted by molar-refractivity contribution is -0.134. The Labute approximate surface area is 174 Å². The van der Waals surface area contributed by atoms with Gasteiger partial charge in [-0.2, -0.15) is 0 Å². The highest BCUT2D eigenvalue weighted by molar-refractivity contribution is 5.81. The molecule has 2 saturated heterocycles. The topological polar surface area (TPSA) is 52.7 Å². The summed E-state index contributed by atoms with van der Waals surface area (Å²) in [6.45, 7) is 6.58. The SMILES string of the molecule is Cc1ccccc1CCNC(=O)[C@@H]1CCCN(C2CCN(C(=O)C3CC3)CC2)C1. The molecule has 1 saturated carbocycles. The second-order valence-electron chi connectivity index (χ2n) is 9.13. The van der Waals surface area contributed by atoms with Crippen LogP contribution in [0.2, 0.25) is 0 Å². The van der Waals surface area contributed by atoms with Crippen LogP contribution < -0.4 is 5.32 Å². The highest BCUT2D eigenvalue weighted by Crippen LogP contribution is 2.32. The summed E-state index contributed by atoms with van der Waals surface area (Å²) < 4.78 is 0. The summed E-state index contributed by atoms with van der Waals surface area (Å²) in [5.41, 5.74) is 2.60. The van der Waals surface area contributed by atoms with Crippen LogP contribution in [0.1, 0.15) is 49.7 Å². The number of hydrogen-bond donors (Lipinski definition) is 1. The van der Waals surface area contributed by atoms with Crippen molar-refractivity contribution in [2.75, 3.05) is 32.7 Å². The number of rotatable bonds is 6. The van der Waals surface area contributed by atoms with Gasteiger partial charge in [-0.15, -0.1) is 0 Å². The molecule has 1 atom stereocenters. The van der Waals surface area contributed by atoms with Crippen molar-refractivity contribution in [3.05, 3.63) is 35.4 Å². The van der Waals surface area contributed by atoms with Gasteiger partial charge < -0.3 is 10.2 Å². The Morgan fingerprint density at radius 1 is 1.00 bits per heavy atom. The molecule has 5 nitrogen and oxygen atoms in total. The second kappa shape index (κ2) is 9.29. The van der Waals surface area contributed by atoms with E-state index in [1.807, 2.05) is 0 Å². The maximum Gasteiger partial charge on any atom is 0.225 e. The Morgan fingerprint density at radius 2 is 1.76 bits per heavy atom. The van der Waals surface area contributed by atoms with Crippen molar-refractivity contribution in [1.29, 1.82) is 0 Å². The highest BCUT2D eigenvalue weighted by Gasteiger charge is 2.37. The van der Waals surface area contributed by atoms with E-state index < -0.39 is 0 Å². The number of piperidine rings is 2. The third-order valence-electron chi connectivity index (χ3n) is 7.00. The number of nitrogens with one attached hydrogen (secondary N) is 1. The standard InChI is InChI=1S/C24H35N3O2/c1-18-5-2-3-6-19(18)10-13-25-23(28)21-7-4-14-27(17-21)22-11-15-26(16-12-22)24(29)20-8-9-20/h2-3,5-6,20-22H,4,7-17H2,1H3,(H,25,28)/t21-/m1/s1. The predicted molar refractivity (Wildman–Crippen MR) is 115 cm³/mol. The predicted octanol–water partition coefficient (Wildman–Crippen LogP) is 2.77. The second-order valence-corrected chi connectivity index (χ2v) is 9.13. The molecule has 2 amide bonds. The molecule has 3 fully saturated rings. The third-order valence-corrected chi connectivity index (χ3v) is 7.00. The smallest absolute Gasteiger partial charge is 0.225 e. The van der Waals surface area contributed by atoms with E-state index in [1.54, 1.807) is 0 Å². The zero-order valence-corrected chi connectivity index (χ0v) is 17.7. The summed E-state index contributed by atoms with van der Waals surface area (Å²) in [4.78, 5) is 29.6. The Bertz CT molecular complexity index is 723. The van der Waals surface area contributed by atoms with Gasteiger partial charge in [0.2, 0.25) is 11.8 Å². The number of aryl methyl sites for hydroxylation is 1. The fourth-order valence-electron chi connectivity index (χ4n) is 4.95. The van der Waals surface area contributed by atoms with E-state index in [4.69, 9.17) is 0 Å². The van der Waals surface area contributed by atoms with Gasteiger partial charge in [0.05, 0.1) is 5.92 Å². The molecule has 0 radical (unpaired) electrons. The van der Waals surface area contributed by atoms with Crippen LogP contribution in [0.15, 0.2) is 24.3 Å². The van der Waals surface area contributed by atoms with Crippen molar-refractivity contribution in [3.63, 3.8) is 0 Å².